The monoisotopic (exact) mass is 202 g/mol. The summed E-state index contributed by atoms with van der Waals surface area (Å²) in [7, 11) is 1.48. The van der Waals surface area contributed by atoms with Crippen LogP contribution in [0.4, 0.5) is 0 Å². The van der Waals surface area contributed by atoms with Crippen molar-refractivity contribution in [3.8, 4) is 0 Å². The molecule has 82 valence electrons. The third-order valence-electron chi connectivity index (χ3n) is 1.87. The van der Waals surface area contributed by atoms with E-state index in [0.717, 1.165) is 0 Å². The summed E-state index contributed by atoms with van der Waals surface area (Å²) in [5.41, 5.74) is -0.709. The first-order valence-corrected chi connectivity index (χ1v) is 4.53. The van der Waals surface area contributed by atoms with Gasteiger partial charge in [0, 0.05) is 7.05 Å². The van der Waals surface area contributed by atoms with E-state index in [-0.39, 0.29) is 12.5 Å². The first-order chi connectivity index (χ1) is 6.31. The molecule has 1 amide bonds. The summed E-state index contributed by atoms with van der Waals surface area (Å²) < 4.78 is 0. The number of nitrogens with zero attached hydrogens (tertiary/aromatic N) is 1. The van der Waals surface area contributed by atoms with Gasteiger partial charge in [-0.15, -0.1) is 0 Å². The fraction of sp³-hybridized carbons (Fsp3) is 0.778. The van der Waals surface area contributed by atoms with Crippen LogP contribution in [0.2, 0.25) is 0 Å². The maximum atomic E-state index is 11.7. The molecule has 0 bridgehead atoms. The van der Waals surface area contributed by atoms with Gasteiger partial charge in [-0.05, 0) is 20.4 Å². The normalized spacial score (nSPS) is 11.1. The molecule has 5 nitrogen and oxygen atoms in total. The average molecular weight is 202 g/mol. The summed E-state index contributed by atoms with van der Waals surface area (Å²) in [6.45, 7) is 5.76. The Morgan fingerprint density at radius 1 is 1.43 bits per heavy atom. The van der Waals surface area contributed by atoms with Crippen molar-refractivity contribution in [2.24, 2.45) is 0 Å². The van der Waals surface area contributed by atoms with E-state index in [2.05, 4.69) is 5.32 Å². The Labute approximate surface area is 84.1 Å². The quantitative estimate of drug-likeness (QED) is 0.654. The standard InChI is InChI=1S/C9H18N2O3/c1-5-10-9(2,3)8(14)11(4)6-7(12)13/h10H,5-6H2,1-4H3,(H,12,13). The predicted molar refractivity (Wildman–Crippen MR) is 53.0 cm³/mol. The second-order valence-corrected chi connectivity index (χ2v) is 3.71. The van der Waals surface area contributed by atoms with Crippen molar-refractivity contribution in [2.45, 2.75) is 26.3 Å². The van der Waals surface area contributed by atoms with Crippen LogP contribution in [0.5, 0.6) is 0 Å². The minimum atomic E-state index is -1.01. The van der Waals surface area contributed by atoms with Crippen molar-refractivity contribution >= 4 is 11.9 Å². The van der Waals surface area contributed by atoms with Crippen LogP contribution in [0.1, 0.15) is 20.8 Å². The molecule has 0 atom stereocenters. The van der Waals surface area contributed by atoms with E-state index in [1.54, 1.807) is 13.8 Å². The lowest BCUT2D eigenvalue weighted by Crippen LogP contribution is -2.53. The molecule has 0 unspecified atom stereocenters. The molecule has 0 fully saturated rings. The highest BCUT2D eigenvalue weighted by molar-refractivity contribution is 5.87. The van der Waals surface area contributed by atoms with Crippen LogP contribution in [-0.2, 0) is 9.59 Å². The van der Waals surface area contributed by atoms with E-state index in [4.69, 9.17) is 5.11 Å². The van der Waals surface area contributed by atoms with Crippen molar-refractivity contribution in [3.05, 3.63) is 0 Å². The SMILES string of the molecule is CCNC(C)(C)C(=O)N(C)CC(=O)O. The summed E-state index contributed by atoms with van der Waals surface area (Å²) in [6.07, 6.45) is 0. The second-order valence-electron chi connectivity index (χ2n) is 3.71. The van der Waals surface area contributed by atoms with Crippen LogP contribution in [0.3, 0.4) is 0 Å². The van der Waals surface area contributed by atoms with E-state index >= 15 is 0 Å². The molecule has 0 radical (unpaired) electrons. The fourth-order valence-electron chi connectivity index (χ4n) is 1.27. The lowest BCUT2D eigenvalue weighted by Gasteiger charge is -2.29. The summed E-state index contributed by atoms with van der Waals surface area (Å²) in [6, 6.07) is 0. The third kappa shape index (κ3) is 3.74. The third-order valence-corrected chi connectivity index (χ3v) is 1.87. The molecule has 14 heavy (non-hydrogen) atoms. The van der Waals surface area contributed by atoms with Crippen LogP contribution in [0, 0.1) is 0 Å². The van der Waals surface area contributed by atoms with Crippen molar-refractivity contribution in [1.82, 2.24) is 10.2 Å². The number of hydrogen-bond donors (Lipinski definition) is 2. The van der Waals surface area contributed by atoms with E-state index in [9.17, 15) is 9.59 Å². The topological polar surface area (TPSA) is 69.6 Å². The lowest BCUT2D eigenvalue weighted by molar-refractivity contribution is -0.145. The van der Waals surface area contributed by atoms with Crippen molar-refractivity contribution in [2.75, 3.05) is 20.1 Å². The molecule has 0 rings (SSSR count). The Kier molecular flexibility index (Phi) is 4.56. The Bertz CT molecular complexity index is 226. The number of nitrogens with one attached hydrogen (secondary N) is 1. The molecular formula is C9H18N2O3. The molecule has 0 aliphatic carbocycles. The van der Waals surface area contributed by atoms with Crippen molar-refractivity contribution in [1.29, 1.82) is 0 Å². The molecule has 0 aliphatic rings. The maximum absolute atomic E-state index is 11.7. The minimum absolute atomic E-state index is 0.221. The molecule has 0 aromatic carbocycles. The van der Waals surface area contributed by atoms with E-state index < -0.39 is 11.5 Å². The van der Waals surface area contributed by atoms with Crippen LogP contribution in [0.15, 0.2) is 0 Å². The van der Waals surface area contributed by atoms with Gasteiger partial charge in [-0.1, -0.05) is 6.92 Å². The average Bonchev–Trinajstić information content (AvgIpc) is 2.01. The fourth-order valence-corrected chi connectivity index (χ4v) is 1.27. The molecule has 0 heterocycles. The molecule has 0 aliphatic heterocycles. The Balaban J connectivity index is 4.36. The van der Waals surface area contributed by atoms with E-state index in [1.165, 1.54) is 11.9 Å². The first kappa shape index (κ1) is 12.9. The van der Waals surface area contributed by atoms with Gasteiger partial charge in [0.15, 0.2) is 0 Å². The van der Waals surface area contributed by atoms with Crippen LogP contribution in [0.25, 0.3) is 0 Å². The lowest BCUT2D eigenvalue weighted by atomic mass is 10.0. The van der Waals surface area contributed by atoms with Gasteiger partial charge < -0.3 is 15.3 Å². The second kappa shape index (κ2) is 4.95. The number of amides is 1. The number of carboxylic acids is 1. The molecule has 5 heteroatoms. The van der Waals surface area contributed by atoms with Gasteiger partial charge >= 0.3 is 5.97 Å². The van der Waals surface area contributed by atoms with Gasteiger partial charge in [-0.3, -0.25) is 9.59 Å². The molecule has 0 saturated carbocycles. The zero-order valence-corrected chi connectivity index (χ0v) is 9.13. The smallest absolute Gasteiger partial charge is 0.323 e. The number of carbonyl (C=O) groups excluding carboxylic acids is 1. The highest BCUT2D eigenvalue weighted by Crippen LogP contribution is 2.06. The number of carboxylic acid groups (broad SMARTS) is 1. The van der Waals surface area contributed by atoms with Crippen LogP contribution in [-0.4, -0.2) is 47.6 Å². The highest BCUT2D eigenvalue weighted by atomic mass is 16.4. The van der Waals surface area contributed by atoms with Gasteiger partial charge in [-0.25, -0.2) is 0 Å². The van der Waals surface area contributed by atoms with Crippen LogP contribution >= 0.6 is 0 Å². The molecule has 0 aromatic rings. The number of hydrogen-bond acceptors (Lipinski definition) is 3. The Morgan fingerprint density at radius 2 is 1.93 bits per heavy atom. The van der Waals surface area contributed by atoms with Crippen LogP contribution < -0.4 is 5.32 Å². The van der Waals surface area contributed by atoms with Gasteiger partial charge in [0.2, 0.25) is 5.91 Å². The summed E-state index contributed by atoms with van der Waals surface area (Å²) in [5, 5.41) is 11.5. The zero-order valence-electron chi connectivity index (χ0n) is 9.13. The summed E-state index contributed by atoms with van der Waals surface area (Å²) in [4.78, 5) is 23.3. The molecule has 0 saturated heterocycles. The number of rotatable bonds is 5. The molecule has 0 spiro atoms. The largest absolute Gasteiger partial charge is 0.480 e. The van der Waals surface area contributed by atoms with E-state index in [0.29, 0.717) is 6.54 Å². The Morgan fingerprint density at radius 3 is 2.29 bits per heavy atom. The van der Waals surface area contributed by atoms with Gasteiger partial charge in [0.05, 0.1) is 5.54 Å². The summed E-state index contributed by atoms with van der Waals surface area (Å²) in [5.74, 6) is -1.23. The number of likely N-dealkylation sites (N-methyl/N-ethyl adjacent to an activating group) is 2. The Hall–Kier alpha value is -1.10. The zero-order chi connectivity index (χ0) is 11.4. The van der Waals surface area contributed by atoms with Gasteiger partial charge in [0.1, 0.15) is 6.54 Å². The van der Waals surface area contributed by atoms with Crippen molar-refractivity contribution in [3.63, 3.8) is 0 Å². The maximum Gasteiger partial charge on any atom is 0.323 e. The number of aliphatic carboxylic acids is 1. The summed E-state index contributed by atoms with van der Waals surface area (Å²) >= 11 is 0. The highest BCUT2D eigenvalue weighted by Gasteiger charge is 2.29. The molecule has 0 aromatic heterocycles. The minimum Gasteiger partial charge on any atom is -0.480 e. The van der Waals surface area contributed by atoms with E-state index in [1.807, 2.05) is 6.92 Å². The number of carbonyl (C=O) groups is 2. The van der Waals surface area contributed by atoms with Gasteiger partial charge in [-0.2, -0.15) is 0 Å². The van der Waals surface area contributed by atoms with Crippen molar-refractivity contribution < 1.29 is 14.7 Å². The molecule has 2 N–H and O–H groups in total. The molecular weight excluding hydrogens is 184 g/mol. The predicted octanol–water partition coefficient (Wildman–Crippen LogP) is -0.0825. The van der Waals surface area contributed by atoms with Gasteiger partial charge in [0.25, 0.3) is 0 Å². The first-order valence-electron chi connectivity index (χ1n) is 4.53.